The third-order valence-electron chi connectivity index (χ3n) is 3.47. The summed E-state index contributed by atoms with van der Waals surface area (Å²) in [6.45, 7) is 0. The molecule has 4 amide bonds. The summed E-state index contributed by atoms with van der Waals surface area (Å²) >= 11 is 6.06. The Morgan fingerprint density at radius 3 is 2.48 bits per heavy atom. The summed E-state index contributed by atoms with van der Waals surface area (Å²) in [4.78, 5) is 37.6. The van der Waals surface area contributed by atoms with Gasteiger partial charge in [-0.05, 0) is 30.3 Å². The maximum Gasteiger partial charge on any atom is 0.335 e. The van der Waals surface area contributed by atoms with Crippen molar-refractivity contribution in [2.24, 2.45) is 7.05 Å². The van der Waals surface area contributed by atoms with Crippen molar-refractivity contribution in [2.75, 3.05) is 4.90 Å². The molecular weight excluding hydrogens is 318 g/mol. The lowest BCUT2D eigenvalue weighted by molar-refractivity contribution is -0.122. The molecule has 0 bridgehead atoms. The first-order valence-corrected chi connectivity index (χ1v) is 7.14. The summed E-state index contributed by atoms with van der Waals surface area (Å²) in [6, 6.07) is 9.16. The van der Waals surface area contributed by atoms with Gasteiger partial charge in [-0.1, -0.05) is 23.7 Å². The molecule has 7 heteroatoms. The Morgan fingerprint density at radius 2 is 1.83 bits per heavy atom. The molecule has 1 fully saturated rings. The van der Waals surface area contributed by atoms with Gasteiger partial charge in [-0.3, -0.25) is 14.9 Å². The molecular formula is C16H12ClN3O3. The van der Waals surface area contributed by atoms with E-state index >= 15 is 0 Å². The molecule has 0 radical (unpaired) electrons. The van der Waals surface area contributed by atoms with Crippen molar-refractivity contribution in [3.8, 4) is 0 Å². The highest BCUT2D eigenvalue weighted by Crippen LogP contribution is 2.28. The van der Waals surface area contributed by atoms with E-state index in [0.717, 1.165) is 4.90 Å². The molecule has 6 nitrogen and oxygen atoms in total. The van der Waals surface area contributed by atoms with E-state index in [1.165, 1.54) is 12.1 Å². The van der Waals surface area contributed by atoms with E-state index in [2.05, 4.69) is 5.32 Å². The molecule has 0 saturated carbocycles. The second-order valence-corrected chi connectivity index (χ2v) is 5.36. The van der Waals surface area contributed by atoms with E-state index in [1.807, 2.05) is 0 Å². The number of anilines is 1. The van der Waals surface area contributed by atoms with Crippen molar-refractivity contribution >= 4 is 41.2 Å². The zero-order valence-electron chi connectivity index (χ0n) is 12.1. The van der Waals surface area contributed by atoms with Crippen LogP contribution in [0.5, 0.6) is 0 Å². The second-order valence-electron chi connectivity index (χ2n) is 4.95. The van der Waals surface area contributed by atoms with Gasteiger partial charge in [0.05, 0.1) is 10.7 Å². The minimum atomic E-state index is -0.822. The molecule has 0 unspecified atom stereocenters. The summed E-state index contributed by atoms with van der Waals surface area (Å²) < 4.78 is 1.75. The van der Waals surface area contributed by atoms with Gasteiger partial charge in [-0.2, -0.15) is 0 Å². The Kier molecular flexibility index (Phi) is 3.75. The van der Waals surface area contributed by atoms with Crippen LogP contribution in [0.3, 0.4) is 0 Å². The van der Waals surface area contributed by atoms with Crippen molar-refractivity contribution in [3.63, 3.8) is 0 Å². The number of amides is 4. The van der Waals surface area contributed by atoms with Gasteiger partial charge < -0.3 is 4.57 Å². The Bertz CT molecular complexity index is 854. The van der Waals surface area contributed by atoms with Crippen LogP contribution in [-0.2, 0) is 16.6 Å². The molecule has 1 aromatic heterocycles. The second kappa shape index (κ2) is 5.73. The number of barbiturate groups is 1. The van der Waals surface area contributed by atoms with Gasteiger partial charge in [-0.15, -0.1) is 0 Å². The zero-order valence-corrected chi connectivity index (χ0v) is 12.9. The number of carbonyl (C=O) groups is 3. The monoisotopic (exact) mass is 329 g/mol. The Hall–Kier alpha value is -2.86. The van der Waals surface area contributed by atoms with Gasteiger partial charge in [0.25, 0.3) is 11.8 Å². The standard InChI is InChI=1S/C16H12ClN3O3/c1-19-8-4-5-10(19)9-11-14(21)18-16(23)20(15(11)22)13-7-3-2-6-12(13)17/h2-9H,1H3,(H,18,21,23)/b11-9-. The number of carbonyl (C=O) groups excluding carboxylic acids is 3. The van der Waals surface area contributed by atoms with Gasteiger partial charge in [0.15, 0.2) is 0 Å². The fraction of sp³-hybridized carbons (Fsp3) is 0.0625. The number of imide groups is 2. The zero-order chi connectivity index (χ0) is 16.6. The van der Waals surface area contributed by atoms with Crippen LogP contribution < -0.4 is 10.2 Å². The third kappa shape index (κ3) is 2.64. The van der Waals surface area contributed by atoms with E-state index in [4.69, 9.17) is 11.6 Å². The van der Waals surface area contributed by atoms with E-state index in [9.17, 15) is 14.4 Å². The van der Waals surface area contributed by atoms with E-state index in [-0.39, 0.29) is 16.3 Å². The number of urea groups is 1. The number of benzene rings is 1. The van der Waals surface area contributed by atoms with Gasteiger partial charge in [-0.25, -0.2) is 9.69 Å². The largest absolute Gasteiger partial charge is 0.351 e. The van der Waals surface area contributed by atoms with Crippen LogP contribution in [0.2, 0.25) is 5.02 Å². The number of para-hydroxylation sites is 1. The van der Waals surface area contributed by atoms with Gasteiger partial charge in [0.2, 0.25) is 0 Å². The molecule has 23 heavy (non-hydrogen) atoms. The number of nitrogens with zero attached hydrogens (tertiary/aromatic N) is 2. The SMILES string of the molecule is Cn1cccc1/C=C1/C(=O)NC(=O)N(c2ccccc2Cl)C1=O. The Balaban J connectivity index is 2.07. The van der Waals surface area contributed by atoms with Crippen molar-refractivity contribution in [1.29, 1.82) is 0 Å². The number of hydrogen-bond acceptors (Lipinski definition) is 3. The van der Waals surface area contributed by atoms with Crippen LogP contribution in [0.15, 0.2) is 48.2 Å². The molecule has 0 spiro atoms. The van der Waals surface area contributed by atoms with Crippen molar-refractivity contribution in [1.82, 2.24) is 9.88 Å². The predicted molar refractivity (Wildman–Crippen MR) is 85.9 cm³/mol. The Morgan fingerprint density at radius 1 is 1.09 bits per heavy atom. The highest BCUT2D eigenvalue weighted by molar-refractivity contribution is 6.42. The lowest BCUT2D eigenvalue weighted by atomic mass is 10.1. The smallest absolute Gasteiger partial charge is 0.335 e. The minimum Gasteiger partial charge on any atom is -0.351 e. The molecule has 2 heterocycles. The van der Waals surface area contributed by atoms with Crippen molar-refractivity contribution in [3.05, 3.63) is 58.9 Å². The van der Waals surface area contributed by atoms with Gasteiger partial charge >= 0.3 is 6.03 Å². The quantitative estimate of drug-likeness (QED) is 0.679. The maximum atomic E-state index is 12.6. The molecule has 116 valence electrons. The topological polar surface area (TPSA) is 71.4 Å². The molecule has 0 aliphatic carbocycles. The fourth-order valence-corrected chi connectivity index (χ4v) is 2.50. The molecule has 1 N–H and O–H groups in total. The van der Waals surface area contributed by atoms with Crippen molar-refractivity contribution in [2.45, 2.75) is 0 Å². The van der Waals surface area contributed by atoms with Crippen LogP contribution in [0.25, 0.3) is 6.08 Å². The Labute approximate surface area is 136 Å². The first-order chi connectivity index (χ1) is 11.0. The van der Waals surface area contributed by atoms with Gasteiger partial charge in [0, 0.05) is 18.9 Å². The minimum absolute atomic E-state index is 0.133. The van der Waals surface area contributed by atoms with Crippen LogP contribution in [0.1, 0.15) is 5.69 Å². The van der Waals surface area contributed by atoms with Crippen LogP contribution in [-0.4, -0.2) is 22.4 Å². The summed E-state index contributed by atoms with van der Waals surface area (Å²) in [5.41, 5.74) is 0.755. The number of halogens is 1. The van der Waals surface area contributed by atoms with E-state index < -0.39 is 17.8 Å². The molecule has 2 aromatic rings. The average Bonchev–Trinajstić information content (AvgIpc) is 2.90. The normalized spacial score (nSPS) is 16.9. The number of nitrogens with one attached hydrogen (secondary N) is 1. The lowest BCUT2D eigenvalue weighted by Crippen LogP contribution is -2.54. The first kappa shape index (κ1) is 15.1. The first-order valence-electron chi connectivity index (χ1n) is 6.76. The molecule has 1 saturated heterocycles. The van der Waals surface area contributed by atoms with Gasteiger partial charge in [0.1, 0.15) is 5.57 Å². The highest BCUT2D eigenvalue weighted by atomic mass is 35.5. The molecule has 1 aliphatic heterocycles. The highest BCUT2D eigenvalue weighted by Gasteiger charge is 2.37. The predicted octanol–water partition coefficient (Wildman–Crippen LogP) is 2.34. The summed E-state index contributed by atoms with van der Waals surface area (Å²) in [5, 5.41) is 2.40. The van der Waals surface area contributed by atoms with E-state index in [0.29, 0.717) is 5.69 Å². The third-order valence-corrected chi connectivity index (χ3v) is 3.79. The summed E-state index contributed by atoms with van der Waals surface area (Å²) in [7, 11) is 1.79. The van der Waals surface area contributed by atoms with E-state index in [1.54, 1.807) is 48.1 Å². The lowest BCUT2D eigenvalue weighted by Gasteiger charge is -2.27. The van der Waals surface area contributed by atoms with Crippen LogP contribution in [0.4, 0.5) is 10.5 Å². The molecule has 0 atom stereocenters. The number of rotatable bonds is 2. The fourth-order valence-electron chi connectivity index (χ4n) is 2.28. The number of aromatic nitrogens is 1. The number of aryl methyl sites for hydroxylation is 1. The van der Waals surface area contributed by atoms with Crippen molar-refractivity contribution < 1.29 is 14.4 Å². The van der Waals surface area contributed by atoms with Crippen LogP contribution >= 0.6 is 11.6 Å². The summed E-state index contributed by atoms with van der Waals surface area (Å²) in [6.07, 6.45) is 3.22. The summed E-state index contributed by atoms with van der Waals surface area (Å²) in [5.74, 6) is -1.45. The molecule has 3 rings (SSSR count). The van der Waals surface area contributed by atoms with Crippen LogP contribution in [0, 0.1) is 0 Å². The molecule has 1 aliphatic rings. The maximum absolute atomic E-state index is 12.6. The molecule has 1 aromatic carbocycles. The average molecular weight is 330 g/mol. The number of hydrogen-bond donors (Lipinski definition) is 1.